The first-order chi connectivity index (χ1) is 9.42. The van der Waals surface area contributed by atoms with E-state index in [9.17, 15) is 4.79 Å². The third-order valence-electron chi connectivity index (χ3n) is 2.89. The molecule has 20 heavy (non-hydrogen) atoms. The summed E-state index contributed by atoms with van der Waals surface area (Å²) in [4.78, 5) is 15.4. The molecule has 1 aromatic rings. The summed E-state index contributed by atoms with van der Waals surface area (Å²) in [6.45, 7) is 9.42. The quantitative estimate of drug-likeness (QED) is 0.682. The van der Waals surface area contributed by atoms with Crippen LogP contribution in [0.4, 0.5) is 4.79 Å². The molecular weight excluding hydrogens is 270 g/mol. The van der Waals surface area contributed by atoms with Crippen molar-refractivity contribution >= 4 is 17.4 Å². The maximum atomic E-state index is 12.2. The topological polar surface area (TPSA) is 29.5 Å². The van der Waals surface area contributed by atoms with E-state index >= 15 is 0 Å². The van der Waals surface area contributed by atoms with Gasteiger partial charge in [0.25, 0.3) is 0 Å². The van der Waals surface area contributed by atoms with Crippen molar-refractivity contribution in [2.24, 2.45) is 0 Å². The van der Waals surface area contributed by atoms with Crippen LogP contribution in [0.2, 0.25) is 0 Å². The fourth-order valence-electron chi connectivity index (χ4n) is 1.87. The third-order valence-corrected chi connectivity index (χ3v) is 3.83. The fourth-order valence-corrected chi connectivity index (χ4v) is 2.57. The van der Waals surface area contributed by atoms with E-state index in [1.54, 1.807) is 11.3 Å². The summed E-state index contributed by atoms with van der Waals surface area (Å²) >= 11 is 1.74. The molecule has 0 radical (unpaired) electrons. The van der Waals surface area contributed by atoms with Gasteiger partial charge in [-0.3, -0.25) is 0 Å². The second kappa shape index (κ2) is 8.30. The molecule has 1 rings (SSSR count). The van der Waals surface area contributed by atoms with Gasteiger partial charge in [0.2, 0.25) is 0 Å². The van der Waals surface area contributed by atoms with E-state index in [2.05, 4.69) is 24.4 Å². The van der Waals surface area contributed by atoms with Crippen molar-refractivity contribution in [2.75, 3.05) is 13.1 Å². The average Bonchev–Trinajstić information content (AvgIpc) is 2.84. The van der Waals surface area contributed by atoms with Crippen LogP contribution in [-0.4, -0.2) is 29.7 Å². The highest BCUT2D eigenvalue weighted by Gasteiger charge is 2.21. The van der Waals surface area contributed by atoms with Crippen LogP contribution in [0, 0.1) is 0 Å². The van der Waals surface area contributed by atoms with E-state index in [4.69, 9.17) is 4.74 Å². The molecule has 1 amide bonds. The molecule has 0 atom stereocenters. The minimum absolute atomic E-state index is 0.190. The van der Waals surface area contributed by atoms with Gasteiger partial charge in [-0.25, -0.2) is 4.79 Å². The van der Waals surface area contributed by atoms with Gasteiger partial charge in [0.1, 0.15) is 5.60 Å². The zero-order valence-electron chi connectivity index (χ0n) is 13.1. The highest BCUT2D eigenvalue weighted by atomic mass is 32.1. The number of carbonyl (C=O) groups is 1. The second-order valence-electron chi connectivity index (χ2n) is 6.00. The maximum Gasteiger partial charge on any atom is 0.410 e. The number of unbranched alkanes of at least 4 members (excludes halogenated alkanes) is 2. The first-order valence-electron chi connectivity index (χ1n) is 7.42. The molecule has 0 bridgehead atoms. The molecule has 0 unspecified atom stereocenters. The molecule has 0 saturated carbocycles. The van der Waals surface area contributed by atoms with Gasteiger partial charge < -0.3 is 9.64 Å². The molecule has 0 aliphatic heterocycles. The number of amides is 1. The van der Waals surface area contributed by atoms with Crippen molar-refractivity contribution in [3.05, 3.63) is 22.4 Å². The lowest BCUT2D eigenvalue weighted by Crippen LogP contribution is -2.38. The minimum Gasteiger partial charge on any atom is -0.444 e. The summed E-state index contributed by atoms with van der Waals surface area (Å²) < 4.78 is 5.49. The van der Waals surface area contributed by atoms with Crippen LogP contribution in [0.3, 0.4) is 0 Å². The van der Waals surface area contributed by atoms with Crippen LogP contribution in [0.1, 0.15) is 51.8 Å². The molecule has 4 heteroatoms. The van der Waals surface area contributed by atoms with E-state index in [-0.39, 0.29) is 6.09 Å². The summed E-state index contributed by atoms with van der Waals surface area (Å²) in [6, 6.07) is 4.17. The molecule has 1 aromatic heterocycles. The van der Waals surface area contributed by atoms with Crippen molar-refractivity contribution in [1.82, 2.24) is 4.90 Å². The van der Waals surface area contributed by atoms with Gasteiger partial charge in [-0.15, -0.1) is 11.3 Å². The summed E-state index contributed by atoms with van der Waals surface area (Å²) in [7, 11) is 0. The third kappa shape index (κ3) is 6.94. The highest BCUT2D eigenvalue weighted by molar-refractivity contribution is 7.09. The van der Waals surface area contributed by atoms with Crippen molar-refractivity contribution in [1.29, 1.82) is 0 Å². The molecule has 0 fully saturated rings. The van der Waals surface area contributed by atoms with Crippen LogP contribution in [0.15, 0.2) is 17.5 Å². The van der Waals surface area contributed by atoms with E-state index in [0.717, 1.165) is 38.8 Å². The summed E-state index contributed by atoms with van der Waals surface area (Å²) in [5, 5.41) is 2.07. The average molecular weight is 297 g/mol. The summed E-state index contributed by atoms with van der Waals surface area (Å²) in [5.41, 5.74) is -0.428. The van der Waals surface area contributed by atoms with Crippen molar-refractivity contribution < 1.29 is 9.53 Å². The molecule has 0 aliphatic carbocycles. The van der Waals surface area contributed by atoms with Crippen molar-refractivity contribution in [2.45, 2.75) is 59.0 Å². The Balaban J connectivity index is 2.52. The molecule has 114 valence electrons. The van der Waals surface area contributed by atoms with Crippen LogP contribution in [-0.2, 0) is 11.2 Å². The van der Waals surface area contributed by atoms with Gasteiger partial charge in [-0.1, -0.05) is 25.8 Å². The molecule has 0 aliphatic rings. The molecule has 3 nitrogen and oxygen atoms in total. The molecular formula is C16H27NO2S. The number of carbonyl (C=O) groups excluding carboxylic acids is 1. The highest BCUT2D eigenvalue weighted by Crippen LogP contribution is 2.14. The van der Waals surface area contributed by atoms with E-state index in [1.165, 1.54) is 4.88 Å². The number of hydrogen-bond donors (Lipinski definition) is 0. The summed E-state index contributed by atoms with van der Waals surface area (Å²) in [5.74, 6) is 0. The van der Waals surface area contributed by atoms with Crippen LogP contribution >= 0.6 is 11.3 Å². The second-order valence-corrected chi connectivity index (χ2v) is 7.04. The fraction of sp³-hybridized carbons (Fsp3) is 0.688. The van der Waals surface area contributed by atoms with Gasteiger partial charge in [-0.2, -0.15) is 0 Å². The van der Waals surface area contributed by atoms with Crippen LogP contribution in [0.5, 0.6) is 0 Å². The first-order valence-corrected chi connectivity index (χ1v) is 8.30. The lowest BCUT2D eigenvalue weighted by Gasteiger charge is -2.27. The Labute approximate surface area is 126 Å². The van der Waals surface area contributed by atoms with E-state index in [1.807, 2.05) is 25.7 Å². The standard InChI is InChI=1S/C16H27NO2S/c1-5-6-7-11-17(15(18)19-16(2,3)4)12-10-14-9-8-13-20-14/h8-9,13H,5-7,10-12H2,1-4H3. The van der Waals surface area contributed by atoms with Gasteiger partial charge in [0.15, 0.2) is 0 Å². The Morgan fingerprint density at radius 1 is 1.30 bits per heavy atom. The normalized spacial score (nSPS) is 11.4. The largest absolute Gasteiger partial charge is 0.444 e. The summed E-state index contributed by atoms with van der Waals surface area (Å²) in [6.07, 6.45) is 4.07. The Morgan fingerprint density at radius 2 is 2.05 bits per heavy atom. The Hall–Kier alpha value is -1.03. The molecule has 1 heterocycles. The van der Waals surface area contributed by atoms with Crippen LogP contribution in [0.25, 0.3) is 0 Å². The zero-order chi connectivity index (χ0) is 15.0. The Kier molecular flexibility index (Phi) is 7.06. The van der Waals surface area contributed by atoms with Gasteiger partial charge in [0, 0.05) is 18.0 Å². The molecule has 0 spiro atoms. The van der Waals surface area contributed by atoms with Gasteiger partial charge >= 0.3 is 6.09 Å². The number of ether oxygens (including phenoxy) is 1. The number of hydrogen-bond acceptors (Lipinski definition) is 3. The molecule has 0 aromatic carbocycles. The lowest BCUT2D eigenvalue weighted by molar-refractivity contribution is 0.0249. The predicted molar refractivity (Wildman–Crippen MR) is 85.4 cm³/mol. The van der Waals surface area contributed by atoms with Crippen molar-refractivity contribution in [3.63, 3.8) is 0 Å². The Morgan fingerprint density at radius 3 is 2.60 bits per heavy atom. The lowest BCUT2D eigenvalue weighted by atomic mass is 10.2. The van der Waals surface area contributed by atoms with Crippen molar-refractivity contribution in [3.8, 4) is 0 Å². The molecule has 0 saturated heterocycles. The number of thiophene rings is 1. The maximum absolute atomic E-state index is 12.2. The van der Waals surface area contributed by atoms with Crippen LogP contribution < -0.4 is 0 Å². The number of nitrogens with zero attached hydrogens (tertiary/aromatic N) is 1. The smallest absolute Gasteiger partial charge is 0.410 e. The zero-order valence-corrected chi connectivity index (χ0v) is 14.0. The predicted octanol–water partition coefficient (Wildman–Crippen LogP) is 4.72. The minimum atomic E-state index is -0.428. The first kappa shape index (κ1) is 17.0. The Bertz CT molecular complexity index is 382. The van der Waals surface area contributed by atoms with Gasteiger partial charge in [0.05, 0.1) is 0 Å². The molecule has 0 N–H and O–H groups in total. The number of rotatable bonds is 7. The van der Waals surface area contributed by atoms with E-state index in [0.29, 0.717) is 0 Å². The van der Waals surface area contributed by atoms with Gasteiger partial charge in [-0.05, 0) is 45.1 Å². The SMILES string of the molecule is CCCCCN(CCc1cccs1)C(=O)OC(C)(C)C. The van der Waals surface area contributed by atoms with E-state index < -0.39 is 5.60 Å². The monoisotopic (exact) mass is 297 g/mol.